The molecule has 1 aromatic heterocycles. The number of anilines is 1. The second kappa shape index (κ2) is 7.04. The number of hydrogen-bond acceptors (Lipinski definition) is 4. The standard InChI is InChI=1S/C27H24N2O3/c1-16-7-9-23-19(13-16)22-15-28(2)12-11-24(22)29(23)26(30)21-14-20-18-6-4-3-5-17(18)8-10-25(20)32-27(21)31/h3-10,13-14,22,24H,11-12,15H2,1-2H3. The van der Waals surface area contributed by atoms with Crippen LogP contribution in [0, 0.1) is 6.92 Å². The van der Waals surface area contributed by atoms with Gasteiger partial charge in [-0.05, 0) is 61.5 Å². The number of benzene rings is 3. The Balaban J connectivity index is 1.52. The van der Waals surface area contributed by atoms with Gasteiger partial charge < -0.3 is 14.2 Å². The van der Waals surface area contributed by atoms with Gasteiger partial charge in [-0.1, -0.05) is 48.0 Å². The topological polar surface area (TPSA) is 53.8 Å². The molecule has 1 saturated heterocycles. The molecule has 3 aromatic carbocycles. The highest BCUT2D eigenvalue weighted by atomic mass is 16.4. The van der Waals surface area contributed by atoms with Crippen molar-refractivity contribution < 1.29 is 9.21 Å². The minimum atomic E-state index is -0.581. The summed E-state index contributed by atoms with van der Waals surface area (Å²) in [7, 11) is 2.12. The molecule has 0 radical (unpaired) electrons. The number of carbonyl (C=O) groups is 1. The van der Waals surface area contributed by atoms with Crippen molar-refractivity contribution >= 4 is 33.3 Å². The van der Waals surface area contributed by atoms with E-state index in [0.29, 0.717) is 5.58 Å². The number of piperidine rings is 1. The molecule has 0 N–H and O–H groups in total. The van der Waals surface area contributed by atoms with E-state index in [4.69, 9.17) is 4.42 Å². The highest BCUT2D eigenvalue weighted by Gasteiger charge is 2.44. The molecule has 2 aliphatic rings. The summed E-state index contributed by atoms with van der Waals surface area (Å²) in [6, 6.07) is 19.7. The summed E-state index contributed by atoms with van der Waals surface area (Å²) in [4.78, 5) is 31.0. The minimum absolute atomic E-state index is 0.0538. The van der Waals surface area contributed by atoms with E-state index in [2.05, 4.69) is 24.9 Å². The molecule has 2 unspecified atom stereocenters. The molecular formula is C27H24N2O3. The SMILES string of the molecule is Cc1ccc2c(c1)C1CN(C)CCC1N2C(=O)c1cc2c(ccc3ccccc32)oc1=O. The average molecular weight is 425 g/mol. The van der Waals surface area contributed by atoms with Gasteiger partial charge in [0.1, 0.15) is 11.1 Å². The van der Waals surface area contributed by atoms with Crippen LogP contribution in [0.1, 0.15) is 33.8 Å². The first kappa shape index (κ1) is 19.3. The van der Waals surface area contributed by atoms with Gasteiger partial charge in [0, 0.05) is 29.6 Å². The zero-order valence-corrected chi connectivity index (χ0v) is 18.2. The number of likely N-dealkylation sites (N-methyl/N-ethyl adjacent to an activating group) is 1. The van der Waals surface area contributed by atoms with Crippen LogP contribution < -0.4 is 10.5 Å². The average Bonchev–Trinajstić information content (AvgIpc) is 3.10. The maximum Gasteiger partial charge on any atom is 0.349 e. The van der Waals surface area contributed by atoms with Gasteiger partial charge in [-0.2, -0.15) is 0 Å². The fourth-order valence-electron chi connectivity index (χ4n) is 5.50. The minimum Gasteiger partial charge on any atom is -0.422 e. The predicted molar refractivity (Wildman–Crippen MR) is 127 cm³/mol. The van der Waals surface area contributed by atoms with Crippen LogP contribution in [-0.4, -0.2) is 37.0 Å². The molecule has 5 nitrogen and oxygen atoms in total. The van der Waals surface area contributed by atoms with Crippen LogP contribution in [0.25, 0.3) is 21.7 Å². The molecule has 0 spiro atoms. The molecule has 32 heavy (non-hydrogen) atoms. The van der Waals surface area contributed by atoms with E-state index in [1.165, 1.54) is 11.1 Å². The molecule has 1 fully saturated rings. The molecule has 160 valence electrons. The molecule has 5 heteroatoms. The zero-order valence-electron chi connectivity index (χ0n) is 18.2. The van der Waals surface area contributed by atoms with Crippen LogP contribution in [0.3, 0.4) is 0 Å². The Labute approximate surface area is 185 Å². The van der Waals surface area contributed by atoms with Gasteiger partial charge in [0.25, 0.3) is 5.91 Å². The summed E-state index contributed by atoms with van der Waals surface area (Å²) in [6.45, 7) is 3.91. The predicted octanol–water partition coefficient (Wildman–Crippen LogP) is 4.70. The van der Waals surface area contributed by atoms with E-state index in [1.54, 1.807) is 12.1 Å². The highest BCUT2D eigenvalue weighted by Crippen LogP contribution is 2.45. The lowest BCUT2D eigenvalue weighted by Crippen LogP contribution is -2.47. The number of rotatable bonds is 1. The Morgan fingerprint density at radius 2 is 1.88 bits per heavy atom. The monoisotopic (exact) mass is 424 g/mol. The summed E-state index contributed by atoms with van der Waals surface area (Å²) in [6.07, 6.45) is 0.877. The van der Waals surface area contributed by atoms with Crippen molar-refractivity contribution in [3.63, 3.8) is 0 Å². The van der Waals surface area contributed by atoms with Crippen LogP contribution in [0.15, 0.2) is 69.9 Å². The quantitative estimate of drug-likeness (QED) is 0.328. The maximum absolute atomic E-state index is 13.9. The lowest BCUT2D eigenvalue weighted by Gasteiger charge is -2.36. The van der Waals surface area contributed by atoms with Crippen LogP contribution in [0.4, 0.5) is 5.69 Å². The van der Waals surface area contributed by atoms with Crippen molar-refractivity contribution in [2.75, 3.05) is 25.0 Å². The molecular weight excluding hydrogens is 400 g/mol. The number of nitrogens with zero attached hydrogens (tertiary/aromatic N) is 2. The maximum atomic E-state index is 13.9. The van der Waals surface area contributed by atoms with Gasteiger partial charge >= 0.3 is 5.63 Å². The number of amides is 1. The van der Waals surface area contributed by atoms with Crippen LogP contribution in [-0.2, 0) is 0 Å². The summed E-state index contributed by atoms with van der Waals surface area (Å²) in [5.74, 6) is -0.0170. The number of hydrogen-bond donors (Lipinski definition) is 0. The Morgan fingerprint density at radius 3 is 2.75 bits per heavy atom. The van der Waals surface area contributed by atoms with Gasteiger partial charge in [0.15, 0.2) is 0 Å². The second-order valence-corrected chi connectivity index (χ2v) is 9.11. The Morgan fingerprint density at radius 1 is 1.03 bits per heavy atom. The lowest BCUT2D eigenvalue weighted by molar-refractivity contribution is 0.0961. The highest BCUT2D eigenvalue weighted by molar-refractivity contribution is 6.12. The molecule has 0 aliphatic carbocycles. The van der Waals surface area contributed by atoms with Gasteiger partial charge in [-0.25, -0.2) is 4.79 Å². The summed E-state index contributed by atoms with van der Waals surface area (Å²) in [5, 5.41) is 2.80. The van der Waals surface area contributed by atoms with E-state index in [-0.39, 0.29) is 23.4 Å². The van der Waals surface area contributed by atoms with Gasteiger partial charge in [-0.15, -0.1) is 0 Å². The fraction of sp³-hybridized carbons (Fsp3) is 0.259. The van der Waals surface area contributed by atoms with Crippen molar-refractivity contribution in [1.29, 1.82) is 0 Å². The van der Waals surface area contributed by atoms with E-state index in [1.807, 2.05) is 47.4 Å². The number of aryl methyl sites for hydroxylation is 1. The first-order chi connectivity index (χ1) is 15.5. The molecule has 3 heterocycles. The zero-order chi connectivity index (χ0) is 22.0. The third kappa shape index (κ3) is 2.81. The van der Waals surface area contributed by atoms with E-state index < -0.39 is 5.63 Å². The first-order valence-electron chi connectivity index (χ1n) is 11.1. The number of carbonyl (C=O) groups excluding carboxylic acids is 1. The van der Waals surface area contributed by atoms with E-state index in [0.717, 1.165) is 41.4 Å². The summed E-state index contributed by atoms with van der Waals surface area (Å²) < 4.78 is 5.63. The molecule has 6 rings (SSSR count). The fourth-order valence-corrected chi connectivity index (χ4v) is 5.50. The van der Waals surface area contributed by atoms with Gasteiger partial charge in [-0.3, -0.25) is 4.79 Å². The van der Waals surface area contributed by atoms with Crippen LogP contribution >= 0.6 is 0 Å². The molecule has 2 aliphatic heterocycles. The molecule has 0 bridgehead atoms. The van der Waals surface area contributed by atoms with Crippen molar-refractivity contribution in [3.8, 4) is 0 Å². The summed E-state index contributed by atoms with van der Waals surface area (Å²) in [5.41, 5.74) is 3.32. The Hall–Kier alpha value is -3.44. The lowest BCUT2D eigenvalue weighted by atomic mass is 9.88. The van der Waals surface area contributed by atoms with Gasteiger partial charge in [0.05, 0.1) is 0 Å². The molecule has 2 atom stereocenters. The summed E-state index contributed by atoms with van der Waals surface area (Å²) >= 11 is 0. The molecule has 1 amide bonds. The first-order valence-corrected chi connectivity index (χ1v) is 11.1. The number of fused-ring (bicyclic) bond motifs is 6. The van der Waals surface area contributed by atoms with Crippen LogP contribution in [0.2, 0.25) is 0 Å². The van der Waals surface area contributed by atoms with Crippen molar-refractivity contribution in [3.05, 3.63) is 87.8 Å². The third-order valence-corrected chi connectivity index (χ3v) is 7.04. The van der Waals surface area contributed by atoms with Gasteiger partial charge in [0.2, 0.25) is 0 Å². The Bertz CT molecular complexity index is 1450. The van der Waals surface area contributed by atoms with E-state index in [9.17, 15) is 9.59 Å². The smallest absolute Gasteiger partial charge is 0.349 e. The Kier molecular flexibility index (Phi) is 4.24. The molecule has 4 aromatic rings. The van der Waals surface area contributed by atoms with Crippen LogP contribution in [0.5, 0.6) is 0 Å². The normalized spacial score (nSPS) is 20.5. The second-order valence-electron chi connectivity index (χ2n) is 9.11. The molecule has 0 saturated carbocycles. The third-order valence-electron chi connectivity index (χ3n) is 7.04. The van der Waals surface area contributed by atoms with E-state index >= 15 is 0 Å². The van der Waals surface area contributed by atoms with Crippen molar-refractivity contribution in [2.45, 2.75) is 25.3 Å². The number of likely N-dealkylation sites (tertiary alicyclic amines) is 1. The van der Waals surface area contributed by atoms with Crippen molar-refractivity contribution in [1.82, 2.24) is 4.90 Å². The van der Waals surface area contributed by atoms with Crippen molar-refractivity contribution in [2.24, 2.45) is 0 Å². The largest absolute Gasteiger partial charge is 0.422 e.